The maximum absolute atomic E-state index is 13.5. The van der Waals surface area contributed by atoms with Crippen LogP contribution in [0.4, 0.5) is 10.5 Å². The molecule has 194 valence electrons. The molecule has 0 radical (unpaired) electrons. The average molecular weight is 541 g/mol. The second-order valence-electron chi connectivity index (χ2n) is 8.61. The minimum absolute atomic E-state index is 0.181. The maximum Gasteiger partial charge on any atom is 0.337 e. The Morgan fingerprint density at radius 2 is 1.64 bits per heavy atom. The molecule has 39 heavy (non-hydrogen) atoms. The smallest absolute Gasteiger partial charge is 0.337 e. The number of methoxy groups -OCH3 is 1. The van der Waals surface area contributed by atoms with E-state index in [4.69, 9.17) is 21.1 Å². The van der Waals surface area contributed by atoms with Gasteiger partial charge in [0.05, 0.1) is 18.4 Å². The van der Waals surface area contributed by atoms with Gasteiger partial charge in [-0.15, -0.1) is 0 Å². The molecule has 0 aromatic heterocycles. The zero-order chi connectivity index (χ0) is 27.5. The number of imide groups is 2. The fourth-order valence-corrected chi connectivity index (χ4v) is 4.32. The number of rotatable bonds is 6. The summed E-state index contributed by atoms with van der Waals surface area (Å²) in [6.45, 7) is 0.225. The number of amides is 4. The van der Waals surface area contributed by atoms with Crippen LogP contribution in [0.15, 0.2) is 90.5 Å². The van der Waals surface area contributed by atoms with Gasteiger partial charge in [-0.25, -0.2) is 14.5 Å². The Morgan fingerprint density at radius 3 is 2.36 bits per heavy atom. The van der Waals surface area contributed by atoms with Crippen molar-refractivity contribution in [3.8, 4) is 5.75 Å². The van der Waals surface area contributed by atoms with E-state index in [2.05, 4.69) is 5.32 Å². The molecule has 0 saturated carbocycles. The van der Waals surface area contributed by atoms with Crippen molar-refractivity contribution in [2.24, 2.45) is 0 Å². The van der Waals surface area contributed by atoms with Crippen LogP contribution in [0.1, 0.15) is 21.5 Å². The van der Waals surface area contributed by atoms with E-state index in [0.29, 0.717) is 16.3 Å². The van der Waals surface area contributed by atoms with Gasteiger partial charge in [0.25, 0.3) is 11.8 Å². The normalized spacial score (nSPS) is 14.5. The zero-order valence-electron chi connectivity index (χ0n) is 20.6. The summed E-state index contributed by atoms with van der Waals surface area (Å²) in [6, 6.07) is 23.1. The molecule has 0 spiro atoms. The molecule has 9 heteroatoms. The molecular weight excluding hydrogens is 520 g/mol. The monoisotopic (exact) mass is 540 g/mol. The number of fused-ring (bicyclic) bond motifs is 1. The third-order valence-corrected chi connectivity index (χ3v) is 6.43. The molecule has 1 aliphatic heterocycles. The molecule has 0 aliphatic carbocycles. The summed E-state index contributed by atoms with van der Waals surface area (Å²) in [7, 11) is 1.25. The predicted octanol–water partition coefficient (Wildman–Crippen LogP) is 5.53. The number of esters is 1. The lowest BCUT2D eigenvalue weighted by Gasteiger charge is -2.26. The fraction of sp³-hybridized carbons (Fsp3) is 0.0667. The first-order valence-corrected chi connectivity index (χ1v) is 12.2. The Bertz CT molecular complexity index is 1640. The molecule has 4 aromatic rings. The van der Waals surface area contributed by atoms with Gasteiger partial charge in [0, 0.05) is 10.6 Å². The molecule has 4 amide bonds. The summed E-state index contributed by atoms with van der Waals surface area (Å²) in [5.41, 5.74) is 1.57. The van der Waals surface area contributed by atoms with Gasteiger partial charge in [0.2, 0.25) is 0 Å². The maximum atomic E-state index is 13.5. The highest BCUT2D eigenvalue weighted by molar-refractivity contribution is 6.39. The van der Waals surface area contributed by atoms with Crippen molar-refractivity contribution in [1.82, 2.24) is 5.32 Å². The highest BCUT2D eigenvalue weighted by Gasteiger charge is 2.37. The number of benzene rings is 4. The average Bonchev–Trinajstić information content (AvgIpc) is 2.95. The van der Waals surface area contributed by atoms with E-state index >= 15 is 0 Å². The second-order valence-corrected chi connectivity index (χ2v) is 9.05. The third-order valence-electron chi connectivity index (χ3n) is 6.18. The molecule has 0 unspecified atom stereocenters. The van der Waals surface area contributed by atoms with Crippen molar-refractivity contribution >= 4 is 58.0 Å². The number of barbiturate groups is 1. The molecule has 4 aromatic carbocycles. The molecular formula is C30H21ClN2O6. The lowest BCUT2D eigenvalue weighted by Crippen LogP contribution is -2.54. The van der Waals surface area contributed by atoms with Gasteiger partial charge in [0.15, 0.2) is 0 Å². The van der Waals surface area contributed by atoms with E-state index in [-0.39, 0.29) is 23.4 Å². The fourth-order valence-electron chi connectivity index (χ4n) is 4.19. The Morgan fingerprint density at radius 1 is 0.923 bits per heavy atom. The van der Waals surface area contributed by atoms with Crippen molar-refractivity contribution in [1.29, 1.82) is 0 Å². The Hall–Kier alpha value is -4.95. The van der Waals surface area contributed by atoms with Crippen LogP contribution in [0, 0.1) is 0 Å². The van der Waals surface area contributed by atoms with Crippen LogP contribution < -0.4 is 15.0 Å². The molecule has 1 aliphatic rings. The Balaban J connectivity index is 1.54. The van der Waals surface area contributed by atoms with E-state index in [1.807, 2.05) is 42.5 Å². The lowest BCUT2D eigenvalue weighted by molar-refractivity contribution is -0.122. The molecule has 5 rings (SSSR count). The minimum Gasteiger partial charge on any atom is -0.488 e. The van der Waals surface area contributed by atoms with E-state index < -0.39 is 23.8 Å². The number of carbonyl (C=O) groups is 4. The number of anilines is 1. The summed E-state index contributed by atoms with van der Waals surface area (Å²) >= 11 is 5.98. The first kappa shape index (κ1) is 25.7. The number of carbonyl (C=O) groups excluding carboxylic acids is 4. The zero-order valence-corrected chi connectivity index (χ0v) is 21.4. The molecule has 0 bridgehead atoms. The minimum atomic E-state index is -0.898. The third kappa shape index (κ3) is 5.23. The van der Waals surface area contributed by atoms with Gasteiger partial charge >= 0.3 is 12.0 Å². The molecule has 1 N–H and O–H groups in total. The van der Waals surface area contributed by atoms with Crippen molar-refractivity contribution in [3.63, 3.8) is 0 Å². The number of halogens is 1. The van der Waals surface area contributed by atoms with E-state index in [0.717, 1.165) is 21.2 Å². The van der Waals surface area contributed by atoms with Gasteiger partial charge in [-0.3, -0.25) is 14.9 Å². The molecule has 1 saturated heterocycles. The van der Waals surface area contributed by atoms with Crippen molar-refractivity contribution < 1.29 is 28.7 Å². The largest absolute Gasteiger partial charge is 0.488 e. The molecule has 1 heterocycles. The van der Waals surface area contributed by atoms with Crippen LogP contribution in [0.25, 0.3) is 16.8 Å². The Labute approximate surface area is 228 Å². The summed E-state index contributed by atoms with van der Waals surface area (Å²) in [5.74, 6) is -1.76. The van der Waals surface area contributed by atoms with E-state index in [9.17, 15) is 19.2 Å². The number of urea groups is 1. The van der Waals surface area contributed by atoms with Crippen LogP contribution in [0.5, 0.6) is 5.75 Å². The summed E-state index contributed by atoms with van der Waals surface area (Å²) in [6.07, 6.45) is 1.43. The highest BCUT2D eigenvalue weighted by atomic mass is 35.5. The van der Waals surface area contributed by atoms with Crippen LogP contribution in [-0.2, 0) is 20.9 Å². The predicted molar refractivity (Wildman–Crippen MR) is 147 cm³/mol. The number of nitrogens with zero attached hydrogens (tertiary/aromatic N) is 1. The highest BCUT2D eigenvalue weighted by Crippen LogP contribution is 2.32. The van der Waals surface area contributed by atoms with Gasteiger partial charge in [-0.05, 0) is 64.9 Å². The number of hydrogen-bond donors (Lipinski definition) is 1. The number of ether oxygens (including phenoxy) is 2. The van der Waals surface area contributed by atoms with E-state index in [1.165, 1.54) is 37.5 Å². The van der Waals surface area contributed by atoms with Crippen molar-refractivity contribution in [3.05, 3.63) is 112 Å². The molecule has 0 atom stereocenters. The SMILES string of the molecule is COC(=O)c1ccc(N2C(=O)NC(=O)/C(=C\c3c(OCc4ccc(Cl)cc4)ccc4ccccc34)C2=O)cc1. The number of nitrogens with one attached hydrogen (secondary N) is 1. The first-order valence-electron chi connectivity index (χ1n) is 11.8. The van der Waals surface area contributed by atoms with E-state index in [1.54, 1.807) is 18.2 Å². The summed E-state index contributed by atoms with van der Waals surface area (Å²) in [4.78, 5) is 51.7. The lowest BCUT2D eigenvalue weighted by atomic mass is 9.99. The summed E-state index contributed by atoms with van der Waals surface area (Å²) in [5, 5.41) is 4.46. The second kappa shape index (κ2) is 10.8. The first-order chi connectivity index (χ1) is 18.9. The van der Waals surface area contributed by atoms with Crippen LogP contribution in [-0.4, -0.2) is 30.9 Å². The van der Waals surface area contributed by atoms with Gasteiger partial charge in [-0.2, -0.15) is 0 Å². The Kier molecular flexibility index (Phi) is 7.12. The van der Waals surface area contributed by atoms with Crippen LogP contribution in [0.2, 0.25) is 5.02 Å². The topological polar surface area (TPSA) is 102 Å². The van der Waals surface area contributed by atoms with Crippen molar-refractivity contribution in [2.75, 3.05) is 12.0 Å². The standard InChI is InChI=1S/C30H21ClN2O6/c1-38-29(36)20-8-13-22(14-9-20)33-28(35)25(27(34)32-30(33)37)16-24-23-5-3-2-4-19(23)10-15-26(24)39-17-18-6-11-21(31)12-7-18/h2-16H,17H2,1H3,(H,32,34,37)/b25-16+. The van der Waals surface area contributed by atoms with Crippen LogP contribution >= 0.6 is 11.6 Å². The number of hydrogen-bond acceptors (Lipinski definition) is 6. The van der Waals surface area contributed by atoms with Gasteiger partial charge in [-0.1, -0.05) is 54.1 Å². The molecule has 8 nitrogen and oxygen atoms in total. The van der Waals surface area contributed by atoms with Crippen molar-refractivity contribution in [2.45, 2.75) is 6.61 Å². The quantitative estimate of drug-likeness (QED) is 0.196. The van der Waals surface area contributed by atoms with Crippen LogP contribution in [0.3, 0.4) is 0 Å². The molecule has 1 fully saturated rings. The van der Waals surface area contributed by atoms with Gasteiger partial charge in [0.1, 0.15) is 17.9 Å². The van der Waals surface area contributed by atoms with Gasteiger partial charge < -0.3 is 9.47 Å². The summed E-state index contributed by atoms with van der Waals surface area (Å²) < 4.78 is 10.8.